The van der Waals surface area contributed by atoms with E-state index in [-0.39, 0.29) is 0 Å². The van der Waals surface area contributed by atoms with Crippen LogP contribution in [0.25, 0.3) is 0 Å². The third-order valence-corrected chi connectivity index (χ3v) is 3.88. The standard InChI is InChI=1S/C5H6N2O7S2/c8-15(9,10)5(16(11,12)13)14-4-2-1-3-6-7-4/h1-3,5H,(H,8,9,10)(H,11,12,13). The summed E-state index contributed by atoms with van der Waals surface area (Å²) >= 11 is 0. The molecule has 1 aromatic rings. The van der Waals surface area contributed by atoms with Crippen molar-refractivity contribution in [1.82, 2.24) is 10.2 Å². The summed E-state index contributed by atoms with van der Waals surface area (Å²) in [5, 5.41) is 6.50. The number of hydrogen-bond acceptors (Lipinski definition) is 7. The Morgan fingerprint density at radius 1 is 1.19 bits per heavy atom. The van der Waals surface area contributed by atoms with Crippen LogP contribution in [0, 0.1) is 0 Å². The van der Waals surface area contributed by atoms with E-state index in [1.54, 1.807) is 0 Å². The second kappa shape index (κ2) is 4.29. The van der Waals surface area contributed by atoms with Gasteiger partial charge in [0.05, 0.1) is 0 Å². The molecule has 0 aliphatic heterocycles. The first-order valence-corrected chi connectivity index (χ1v) is 6.59. The highest BCUT2D eigenvalue weighted by atomic mass is 32.3. The van der Waals surface area contributed by atoms with Crippen molar-refractivity contribution < 1.29 is 30.7 Å². The average Bonchev–Trinajstić information content (AvgIpc) is 2.12. The lowest BCUT2D eigenvalue weighted by molar-refractivity contribution is 0.286. The zero-order valence-corrected chi connectivity index (χ0v) is 9.09. The summed E-state index contributed by atoms with van der Waals surface area (Å²) < 4.78 is 61.0. The zero-order chi connectivity index (χ0) is 12.4. The second-order valence-electron chi connectivity index (χ2n) is 2.50. The van der Waals surface area contributed by atoms with Gasteiger partial charge < -0.3 is 4.74 Å². The Labute approximate surface area is 90.6 Å². The third-order valence-electron chi connectivity index (χ3n) is 1.25. The van der Waals surface area contributed by atoms with Crippen molar-refractivity contribution in [3.8, 4) is 5.88 Å². The van der Waals surface area contributed by atoms with Crippen LogP contribution in [0.4, 0.5) is 0 Å². The summed E-state index contributed by atoms with van der Waals surface area (Å²) in [4.78, 5) is 0. The first-order valence-electron chi connectivity index (χ1n) is 3.58. The quantitative estimate of drug-likeness (QED) is 0.652. The Morgan fingerprint density at radius 2 is 1.75 bits per heavy atom. The summed E-state index contributed by atoms with van der Waals surface area (Å²) in [6, 6.07) is 2.38. The van der Waals surface area contributed by atoms with E-state index in [9.17, 15) is 16.8 Å². The van der Waals surface area contributed by atoms with E-state index in [1.165, 1.54) is 12.3 Å². The van der Waals surface area contributed by atoms with Crippen LogP contribution in [0.5, 0.6) is 5.88 Å². The predicted molar refractivity (Wildman–Crippen MR) is 49.5 cm³/mol. The first kappa shape index (κ1) is 12.8. The molecular weight excluding hydrogens is 264 g/mol. The van der Waals surface area contributed by atoms with Crippen molar-refractivity contribution in [3.63, 3.8) is 0 Å². The molecule has 1 aromatic heterocycles. The molecule has 0 aliphatic carbocycles. The number of rotatable bonds is 4. The van der Waals surface area contributed by atoms with Crippen molar-refractivity contribution in [2.24, 2.45) is 0 Å². The Hall–Kier alpha value is -1.30. The molecule has 0 radical (unpaired) electrons. The van der Waals surface area contributed by atoms with E-state index in [2.05, 4.69) is 14.9 Å². The molecule has 0 aromatic carbocycles. The number of nitrogens with zero attached hydrogens (tertiary/aromatic N) is 2. The molecule has 0 saturated heterocycles. The highest BCUT2D eigenvalue weighted by Gasteiger charge is 2.38. The molecule has 0 unspecified atom stereocenters. The van der Waals surface area contributed by atoms with Crippen molar-refractivity contribution >= 4 is 20.2 Å². The van der Waals surface area contributed by atoms with Gasteiger partial charge in [-0.2, -0.15) is 21.9 Å². The molecule has 1 rings (SSSR count). The highest BCUT2D eigenvalue weighted by molar-refractivity contribution is 8.03. The molecule has 16 heavy (non-hydrogen) atoms. The number of ether oxygens (including phenoxy) is 1. The van der Waals surface area contributed by atoms with E-state index >= 15 is 0 Å². The van der Waals surface area contributed by atoms with Crippen LogP contribution >= 0.6 is 0 Å². The van der Waals surface area contributed by atoms with Crippen molar-refractivity contribution in [2.45, 2.75) is 4.77 Å². The van der Waals surface area contributed by atoms with Crippen molar-refractivity contribution in [3.05, 3.63) is 18.3 Å². The van der Waals surface area contributed by atoms with E-state index < -0.39 is 30.9 Å². The van der Waals surface area contributed by atoms with Gasteiger partial charge in [-0.25, -0.2) is 0 Å². The Bertz CT molecular complexity index is 520. The number of hydrogen-bond donors (Lipinski definition) is 2. The predicted octanol–water partition coefficient (Wildman–Crippen LogP) is -1.09. The molecule has 1 heterocycles. The molecule has 0 fully saturated rings. The van der Waals surface area contributed by atoms with Crippen molar-refractivity contribution in [1.29, 1.82) is 0 Å². The maximum Gasteiger partial charge on any atom is 0.350 e. The Kier molecular flexibility index (Phi) is 3.42. The fraction of sp³-hybridized carbons (Fsp3) is 0.200. The molecule has 0 saturated carbocycles. The van der Waals surface area contributed by atoms with Crippen LogP contribution in [0.15, 0.2) is 18.3 Å². The van der Waals surface area contributed by atoms with Gasteiger partial charge in [0.2, 0.25) is 5.88 Å². The Balaban J connectivity index is 3.08. The fourth-order valence-electron chi connectivity index (χ4n) is 0.724. The third kappa shape index (κ3) is 3.37. The van der Waals surface area contributed by atoms with Gasteiger partial charge in [-0.15, -0.1) is 5.10 Å². The van der Waals surface area contributed by atoms with Crippen LogP contribution in [0.2, 0.25) is 0 Å². The highest BCUT2D eigenvalue weighted by Crippen LogP contribution is 2.13. The average molecular weight is 270 g/mol. The minimum absolute atomic E-state index is 0.484. The van der Waals surface area contributed by atoms with Crippen LogP contribution in [0.1, 0.15) is 0 Å². The molecular formula is C5H6N2O7S2. The summed E-state index contributed by atoms with van der Waals surface area (Å²) in [6.07, 6.45) is 1.22. The smallest absolute Gasteiger partial charge is 0.350 e. The first-order chi connectivity index (χ1) is 7.21. The van der Waals surface area contributed by atoms with Gasteiger partial charge in [0.1, 0.15) is 0 Å². The summed E-state index contributed by atoms with van der Waals surface area (Å²) in [5.74, 6) is -0.484. The lowest BCUT2D eigenvalue weighted by Gasteiger charge is -2.11. The minimum Gasteiger partial charge on any atom is -0.437 e. The van der Waals surface area contributed by atoms with Gasteiger partial charge in [0.25, 0.3) is 0 Å². The molecule has 11 heteroatoms. The van der Waals surface area contributed by atoms with E-state index in [1.807, 2.05) is 0 Å². The van der Waals surface area contributed by atoms with Crippen LogP contribution in [0.3, 0.4) is 0 Å². The summed E-state index contributed by atoms with van der Waals surface area (Å²) in [5.41, 5.74) is 0. The van der Waals surface area contributed by atoms with E-state index in [4.69, 9.17) is 9.11 Å². The normalized spacial score (nSPS) is 12.7. The van der Waals surface area contributed by atoms with Crippen LogP contribution in [-0.4, -0.2) is 40.9 Å². The zero-order valence-electron chi connectivity index (χ0n) is 7.46. The molecule has 9 nitrogen and oxygen atoms in total. The summed E-state index contributed by atoms with van der Waals surface area (Å²) in [7, 11) is -10.3. The van der Waals surface area contributed by atoms with E-state index in [0.29, 0.717) is 0 Å². The van der Waals surface area contributed by atoms with Gasteiger partial charge in [0.15, 0.2) is 0 Å². The Morgan fingerprint density at radius 3 is 2.12 bits per heavy atom. The molecule has 0 spiro atoms. The maximum atomic E-state index is 10.6. The minimum atomic E-state index is -5.15. The van der Waals surface area contributed by atoms with Gasteiger partial charge in [-0.1, -0.05) is 0 Å². The van der Waals surface area contributed by atoms with Crippen molar-refractivity contribution in [2.75, 3.05) is 0 Å². The topological polar surface area (TPSA) is 144 Å². The molecule has 2 N–H and O–H groups in total. The van der Waals surface area contributed by atoms with Crippen LogP contribution < -0.4 is 4.74 Å². The maximum absolute atomic E-state index is 10.6. The largest absolute Gasteiger partial charge is 0.437 e. The monoisotopic (exact) mass is 270 g/mol. The van der Waals surface area contributed by atoms with Gasteiger partial charge in [-0.05, 0) is 6.07 Å². The molecule has 0 bridgehead atoms. The van der Waals surface area contributed by atoms with Gasteiger partial charge in [-0.3, -0.25) is 9.11 Å². The van der Waals surface area contributed by atoms with Gasteiger partial charge in [0, 0.05) is 12.3 Å². The van der Waals surface area contributed by atoms with Gasteiger partial charge >= 0.3 is 25.0 Å². The summed E-state index contributed by atoms with van der Waals surface area (Å²) in [6.45, 7) is 0. The molecule has 0 aliphatic rings. The lowest BCUT2D eigenvalue weighted by Crippen LogP contribution is -2.35. The molecule has 90 valence electrons. The lowest BCUT2D eigenvalue weighted by atomic mass is 10.6. The van der Waals surface area contributed by atoms with Crippen LogP contribution in [-0.2, 0) is 20.2 Å². The SMILES string of the molecule is O=S(=O)(O)C(Oc1cccnn1)S(=O)(=O)O. The second-order valence-corrected chi connectivity index (χ2v) is 5.71. The number of aromatic nitrogens is 2. The van der Waals surface area contributed by atoms with E-state index in [0.717, 1.165) is 6.07 Å². The molecule has 0 atom stereocenters. The fourth-order valence-corrected chi connectivity index (χ4v) is 2.39. The molecule has 0 amide bonds.